The lowest BCUT2D eigenvalue weighted by molar-refractivity contribution is -0.297. The maximum absolute atomic E-state index is 12.8. The zero-order valence-corrected chi connectivity index (χ0v) is 36.7. The second kappa shape index (κ2) is 35.6. The van der Waals surface area contributed by atoms with Crippen molar-refractivity contribution in [3.8, 4) is 0 Å². The van der Waals surface area contributed by atoms with Gasteiger partial charge in [0, 0.05) is 12.8 Å². The van der Waals surface area contributed by atoms with Gasteiger partial charge in [-0.25, -0.2) is 0 Å². The fourth-order valence-corrected chi connectivity index (χ4v) is 7.32. The molecule has 12 nitrogen and oxygen atoms in total. The zero-order chi connectivity index (χ0) is 42.7. The number of aliphatic hydroxyl groups is 3. The third-order valence-corrected chi connectivity index (χ3v) is 10.9. The molecule has 0 aromatic carbocycles. The predicted octanol–water partition coefficient (Wildman–Crippen LogP) is 9.00. The molecule has 0 amide bonds. The van der Waals surface area contributed by atoms with Crippen LogP contribution in [0, 0.1) is 0 Å². The highest BCUT2D eigenvalue weighted by Crippen LogP contribution is 2.24. The van der Waals surface area contributed by atoms with Crippen LogP contribution in [0.25, 0.3) is 0 Å². The smallest absolute Gasteiger partial charge is 0.306 e. The van der Waals surface area contributed by atoms with E-state index in [1.807, 2.05) is 0 Å². The number of hydrogen-bond acceptors (Lipinski definition) is 11. The van der Waals surface area contributed by atoms with Gasteiger partial charge in [-0.05, 0) is 64.2 Å². The summed E-state index contributed by atoms with van der Waals surface area (Å²) in [5.41, 5.74) is 0. The lowest BCUT2D eigenvalue weighted by Gasteiger charge is -2.40. The van der Waals surface area contributed by atoms with E-state index in [1.165, 1.54) is 64.2 Å². The third kappa shape index (κ3) is 30.0. The molecule has 0 bridgehead atoms. The van der Waals surface area contributed by atoms with Crippen molar-refractivity contribution in [2.24, 2.45) is 0 Å². The van der Waals surface area contributed by atoms with Crippen molar-refractivity contribution in [3.05, 3.63) is 36.5 Å². The summed E-state index contributed by atoms with van der Waals surface area (Å²) in [5.74, 6) is -2.00. The summed E-state index contributed by atoms with van der Waals surface area (Å²) < 4.78 is 54.0. The molecule has 1 fully saturated rings. The van der Waals surface area contributed by atoms with Crippen LogP contribution < -0.4 is 0 Å². The van der Waals surface area contributed by atoms with E-state index < -0.39 is 71.2 Å². The maximum atomic E-state index is 12.8. The Hall–Kier alpha value is -2.13. The lowest BCUT2D eigenvalue weighted by atomic mass is 10.00. The van der Waals surface area contributed by atoms with Crippen molar-refractivity contribution in [2.45, 2.75) is 218 Å². The minimum atomic E-state index is -4.60. The van der Waals surface area contributed by atoms with Crippen molar-refractivity contribution in [1.82, 2.24) is 0 Å². The summed E-state index contributed by atoms with van der Waals surface area (Å²) in [6.07, 6.45) is 30.5. The van der Waals surface area contributed by atoms with E-state index in [1.54, 1.807) is 0 Å². The van der Waals surface area contributed by atoms with Crippen molar-refractivity contribution < 1.29 is 56.8 Å². The van der Waals surface area contributed by atoms with Crippen LogP contribution in [-0.2, 0) is 38.7 Å². The van der Waals surface area contributed by atoms with Gasteiger partial charge in [0.25, 0.3) is 10.1 Å². The van der Waals surface area contributed by atoms with Gasteiger partial charge in [-0.2, -0.15) is 8.42 Å². The van der Waals surface area contributed by atoms with Crippen LogP contribution in [0.3, 0.4) is 0 Å². The first-order valence-electron chi connectivity index (χ1n) is 22.5. The van der Waals surface area contributed by atoms with Crippen molar-refractivity contribution in [1.29, 1.82) is 0 Å². The number of unbranched alkanes of at least 4 members (excludes halogenated alkanes) is 19. The predicted molar refractivity (Wildman–Crippen MR) is 229 cm³/mol. The van der Waals surface area contributed by atoms with E-state index >= 15 is 0 Å². The van der Waals surface area contributed by atoms with Crippen LogP contribution in [0.5, 0.6) is 0 Å². The molecule has 0 aromatic heterocycles. The topological polar surface area (TPSA) is 186 Å². The number of rotatable bonds is 37. The van der Waals surface area contributed by atoms with E-state index in [9.17, 15) is 37.9 Å². The SMILES string of the molecule is CCCC/C=C\CCCCCCCC(=O)OCC(COC1OC(CS(=O)(=O)O)C(O)C(O)C1O)OC(=O)CCCCCCCCCCC/C=C\C/C=C\CCCCC. The molecular weight excluding hydrogens is 765 g/mol. The first kappa shape index (κ1) is 53.9. The monoisotopic (exact) mass is 845 g/mol. The molecule has 1 heterocycles. The van der Waals surface area contributed by atoms with Crippen LogP contribution in [0.2, 0.25) is 0 Å². The summed E-state index contributed by atoms with van der Waals surface area (Å²) in [4.78, 5) is 25.3. The first-order chi connectivity index (χ1) is 28.0. The van der Waals surface area contributed by atoms with E-state index in [0.29, 0.717) is 12.8 Å². The summed E-state index contributed by atoms with van der Waals surface area (Å²) in [5, 5.41) is 30.8. The molecule has 6 atom stereocenters. The van der Waals surface area contributed by atoms with Crippen LogP contribution in [0.1, 0.15) is 181 Å². The van der Waals surface area contributed by atoms with Gasteiger partial charge in [0.15, 0.2) is 12.4 Å². The Kier molecular flexibility index (Phi) is 33.1. The van der Waals surface area contributed by atoms with E-state index in [-0.39, 0.29) is 19.4 Å². The Morgan fingerprint density at radius 1 is 0.586 bits per heavy atom. The highest BCUT2D eigenvalue weighted by atomic mass is 32.2. The molecule has 4 N–H and O–H groups in total. The van der Waals surface area contributed by atoms with Gasteiger partial charge >= 0.3 is 11.9 Å². The Labute approximate surface area is 351 Å². The van der Waals surface area contributed by atoms with Gasteiger partial charge in [-0.3, -0.25) is 14.1 Å². The van der Waals surface area contributed by atoms with Crippen LogP contribution in [0.15, 0.2) is 36.5 Å². The molecule has 1 saturated heterocycles. The zero-order valence-electron chi connectivity index (χ0n) is 35.9. The van der Waals surface area contributed by atoms with Crippen molar-refractivity contribution >= 4 is 22.1 Å². The second-order valence-corrected chi connectivity index (χ2v) is 17.2. The Morgan fingerprint density at radius 3 is 1.59 bits per heavy atom. The van der Waals surface area contributed by atoms with Crippen LogP contribution in [0.4, 0.5) is 0 Å². The van der Waals surface area contributed by atoms with Crippen molar-refractivity contribution in [3.63, 3.8) is 0 Å². The highest BCUT2D eigenvalue weighted by molar-refractivity contribution is 7.85. The summed E-state index contributed by atoms with van der Waals surface area (Å²) >= 11 is 0. The Bertz CT molecular complexity index is 1220. The summed E-state index contributed by atoms with van der Waals surface area (Å²) in [6.45, 7) is 3.68. The minimum absolute atomic E-state index is 0.158. The van der Waals surface area contributed by atoms with E-state index in [2.05, 4.69) is 50.3 Å². The molecule has 338 valence electrons. The van der Waals surface area contributed by atoms with Gasteiger partial charge in [0.1, 0.15) is 36.8 Å². The molecule has 0 spiro atoms. The molecule has 1 rings (SSSR count). The van der Waals surface area contributed by atoms with Gasteiger partial charge in [0.05, 0.1) is 6.61 Å². The average molecular weight is 845 g/mol. The largest absolute Gasteiger partial charge is 0.462 e. The molecule has 0 aliphatic carbocycles. The molecule has 58 heavy (non-hydrogen) atoms. The molecule has 0 radical (unpaired) electrons. The second-order valence-electron chi connectivity index (χ2n) is 15.7. The highest BCUT2D eigenvalue weighted by Gasteiger charge is 2.46. The van der Waals surface area contributed by atoms with E-state index in [4.69, 9.17) is 18.9 Å². The molecular formula is C45H80O12S. The summed E-state index contributed by atoms with van der Waals surface area (Å²) in [6, 6.07) is 0. The molecule has 0 saturated carbocycles. The number of esters is 2. The molecule has 13 heteroatoms. The molecule has 1 aliphatic rings. The maximum Gasteiger partial charge on any atom is 0.306 e. The fourth-order valence-electron chi connectivity index (χ4n) is 6.63. The standard InChI is InChI=1S/C45H80O12S/c1-3-5-7-9-11-13-15-16-17-18-19-20-21-22-24-26-28-30-32-34-41(47)56-38(35-54-40(46)33-31-29-27-25-23-14-12-10-8-6-4-2)36-55-45-44(50)43(49)42(48)39(57-45)37-58(51,52)53/h10-13,16-17,38-39,42-45,48-50H,3-9,14-15,18-37H2,1-2H3,(H,51,52,53)/b12-10-,13-11-,17-16-. The Morgan fingerprint density at radius 2 is 1.05 bits per heavy atom. The van der Waals surface area contributed by atoms with Gasteiger partial charge in [0.2, 0.25) is 0 Å². The average Bonchev–Trinajstić information content (AvgIpc) is 3.18. The number of aliphatic hydroxyl groups excluding tert-OH is 3. The van der Waals surface area contributed by atoms with Gasteiger partial charge < -0.3 is 34.3 Å². The number of hydrogen-bond donors (Lipinski definition) is 4. The first-order valence-corrected chi connectivity index (χ1v) is 24.2. The fraction of sp³-hybridized carbons (Fsp3) is 0.822. The minimum Gasteiger partial charge on any atom is -0.462 e. The molecule has 6 unspecified atom stereocenters. The normalized spacial score (nSPS) is 20.7. The van der Waals surface area contributed by atoms with Crippen LogP contribution >= 0.6 is 0 Å². The molecule has 1 aliphatic heterocycles. The summed E-state index contributed by atoms with van der Waals surface area (Å²) in [7, 11) is -4.60. The van der Waals surface area contributed by atoms with Crippen molar-refractivity contribution in [2.75, 3.05) is 19.0 Å². The van der Waals surface area contributed by atoms with Crippen LogP contribution in [-0.4, -0.2) is 96.0 Å². The quantitative estimate of drug-likeness (QED) is 0.0202. The number of ether oxygens (including phenoxy) is 4. The molecule has 0 aromatic rings. The number of carbonyl (C=O) groups is 2. The number of allylic oxidation sites excluding steroid dienone is 6. The number of carbonyl (C=O) groups excluding carboxylic acids is 2. The van der Waals surface area contributed by atoms with Gasteiger partial charge in [-0.15, -0.1) is 0 Å². The third-order valence-electron chi connectivity index (χ3n) is 10.2. The van der Waals surface area contributed by atoms with Gasteiger partial charge in [-0.1, -0.05) is 140 Å². The van der Waals surface area contributed by atoms with E-state index in [0.717, 1.165) is 77.0 Å². The Balaban J connectivity index is 2.43. The lowest BCUT2D eigenvalue weighted by Crippen LogP contribution is -2.60.